The third-order valence-corrected chi connectivity index (χ3v) is 5.00. The predicted octanol–water partition coefficient (Wildman–Crippen LogP) is 0.744. The molecule has 8 heteroatoms. The van der Waals surface area contributed by atoms with E-state index in [1.54, 1.807) is 20.8 Å². The smallest absolute Gasteiger partial charge is 0.304 e. The number of aliphatic carboxylic acids is 1. The minimum atomic E-state index is -1.04. The summed E-state index contributed by atoms with van der Waals surface area (Å²) in [4.78, 5) is 43.6. The Morgan fingerprint density at radius 3 is 2.52 bits per heavy atom. The van der Waals surface area contributed by atoms with Gasteiger partial charge in [-0.1, -0.05) is 13.8 Å². The normalized spacial score (nSPS) is 24.0. The summed E-state index contributed by atoms with van der Waals surface area (Å²) in [5.74, 6) is -1.76. The highest BCUT2D eigenvalue weighted by Crippen LogP contribution is 2.37. The van der Waals surface area contributed by atoms with Crippen LogP contribution in [-0.2, 0) is 23.9 Å². The number of ketones is 2. The number of ether oxygens (including phenoxy) is 2. The van der Waals surface area contributed by atoms with Crippen LogP contribution in [0.25, 0.3) is 0 Å². The van der Waals surface area contributed by atoms with E-state index in [-0.39, 0.29) is 29.1 Å². The molecule has 1 heterocycles. The lowest BCUT2D eigenvalue weighted by atomic mass is 9.71. The lowest BCUT2D eigenvalue weighted by molar-refractivity contribution is -0.139. The molecule has 2 aliphatic rings. The first kappa shape index (κ1) is 21.4. The Morgan fingerprint density at radius 1 is 1.33 bits per heavy atom. The van der Waals surface area contributed by atoms with Gasteiger partial charge in [0.25, 0.3) is 0 Å². The highest BCUT2D eigenvalue weighted by atomic mass is 16.5. The average Bonchev–Trinajstić information content (AvgIpc) is 2.59. The monoisotopic (exact) mass is 380 g/mol. The number of carbonyl (C=O) groups is 3. The van der Waals surface area contributed by atoms with E-state index in [4.69, 9.17) is 9.47 Å². The molecule has 1 fully saturated rings. The van der Waals surface area contributed by atoms with Crippen LogP contribution < -0.4 is 0 Å². The van der Waals surface area contributed by atoms with Crippen molar-refractivity contribution in [3.05, 3.63) is 11.1 Å². The summed E-state index contributed by atoms with van der Waals surface area (Å²) in [7, 11) is 1.37. The van der Waals surface area contributed by atoms with Gasteiger partial charge in [0.1, 0.15) is 5.71 Å². The van der Waals surface area contributed by atoms with Crippen LogP contribution in [0.3, 0.4) is 0 Å². The van der Waals surface area contributed by atoms with Crippen molar-refractivity contribution in [2.75, 3.05) is 46.5 Å². The molecule has 0 amide bonds. The second-order valence-electron chi connectivity index (χ2n) is 7.48. The number of carboxylic acid groups (broad SMARTS) is 1. The molecule has 1 saturated heterocycles. The van der Waals surface area contributed by atoms with Crippen LogP contribution in [0.2, 0.25) is 0 Å². The Hall–Kier alpha value is -1.90. The molecule has 0 bridgehead atoms. The Balaban J connectivity index is 2.28. The molecule has 1 aliphatic carbocycles. The van der Waals surface area contributed by atoms with E-state index in [0.29, 0.717) is 26.3 Å². The van der Waals surface area contributed by atoms with Gasteiger partial charge in [-0.2, -0.15) is 0 Å². The number of morpholine rings is 1. The molecule has 0 aromatic heterocycles. The zero-order chi connectivity index (χ0) is 20.2. The largest absolute Gasteiger partial charge is 0.481 e. The fraction of sp³-hybridized carbons (Fsp3) is 0.684. The summed E-state index contributed by atoms with van der Waals surface area (Å²) >= 11 is 0. The highest BCUT2D eigenvalue weighted by molar-refractivity contribution is 6.54. The first-order chi connectivity index (χ1) is 12.7. The zero-order valence-electron chi connectivity index (χ0n) is 16.4. The minimum absolute atomic E-state index is 0.0647. The summed E-state index contributed by atoms with van der Waals surface area (Å²) in [5.41, 5.74) is -0.444. The van der Waals surface area contributed by atoms with Gasteiger partial charge in [0.2, 0.25) is 5.78 Å². The van der Waals surface area contributed by atoms with Crippen LogP contribution >= 0.6 is 0 Å². The van der Waals surface area contributed by atoms with E-state index in [1.807, 2.05) is 0 Å². The van der Waals surface area contributed by atoms with Gasteiger partial charge in [-0.05, 0) is 6.92 Å². The van der Waals surface area contributed by atoms with Crippen molar-refractivity contribution < 1.29 is 29.0 Å². The molecular formula is C19H28N2O6. The van der Waals surface area contributed by atoms with Gasteiger partial charge in [-0.3, -0.25) is 24.3 Å². The number of hydrogen-bond acceptors (Lipinski definition) is 7. The van der Waals surface area contributed by atoms with Crippen molar-refractivity contribution in [2.45, 2.75) is 33.3 Å². The van der Waals surface area contributed by atoms with E-state index < -0.39 is 23.3 Å². The number of hydrogen-bond donors (Lipinski definition) is 1. The topological polar surface area (TPSA) is 106 Å². The number of rotatable bonds is 7. The molecule has 1 aliphatic heterocycles. The summed E-state index contributed by atoms with van der Waals surface area (Å²) < 4.78 is 10.6. The number of allylic oxidation sites excluding steroid dienone is 1. The molecule has 1 unspecified atom stereocenters. The summed E-state index contributed by atoms with van der Waals surface area (Å²) in [6, 6.07) is 0. The number of carbonyl (C=O) groups excluding carboxylic acids is 2. The number of carboxylic acids is 1. The molecule has 0 saturated carbocycles. The maximum Gasteiger partial charge on any atom is 0.304 e. The maximum absolute atomic E-state index is 13.1. The summed E-state index contributed by atoms with van der Waals surface area (Å²) in [6.07, 6.45) is -1.29. The fourth-order valence-corrected chi connectivity index (χ4v) is 3.65. The number of Topliss-reactive ketones (excluding diaryl/α,β-unsaturated/α-hetero) is 2. The van der Waals surface area contributed by atoms with Crippen molar-refractivity contribution in [3.63, 3.8) is 0 Å². The third-order valence-electron chi connectivity index (χ3n) is 5.00. The standard InChI is InChI=1S/C19H28N2O6/c1-12-14(19(2,3)11-13(22)23)17(25)15(18(26-4)16(12)24)20-5-6-21-7-9-27-10-8-21/h18H,5-11H2,1-4H3,(H,22,23). The van der Waals surface area contributed by atoms with Gasteiger partial charge in [0.15, 0.2) is 11.9 Å². The molecule has 8 nitrogen and oxygen atoms in total. The number of nitrogens with zero attached hydrogens (tertiary/aromatic N) is 2. The van der Waals surface area contributed by atoms with E-state index >= 15 is 0 Å². The molecule has 1 atom stereocenters. The van der Waals surface area contributed by atoms with Gasteiger partial charge in [-0.25, -0.2) is 0 Å². The molecule has 27 heavy (non-hydrogen) atoms. The number of aliphatic imine (C=N–C) groups is 1. The summed E-state index contributed by atoms with van der Waals surface area (Å²) in [5, 5.41) is 9.18. The van der Waals surface area contributed by atoms with Crippen molar-refractivity contribution in [1.82, 2.24) is 4.90 Å². The van der Waals surface area contributed by atoms with E-state index in [0.717, 1.165) is 13.1 Å². The van der Waals surface area contributed by atoms with Crippen LogP contribution in [0.4, 0.5) is 0 Å². The van der Waals surface area contributed by atoms with E-state index in [2.05, 4.69) is 9.89 Å². The third kappa shape index (κ3) is 4.88. The van der Waals surface area contributed by atoms with Crippen LogP contribution in [0.5, 0.6) is 0 Å². The molecular weight excluding hydrogens is 352 g/mol. The Morgan fingerprint density at radius 2 is 1.96 bits per heavy atom. The molecule has 0 aromatic carbocycles. The Kier molecular flexibility index (Phi) is 7.02. The lowest BCUT2D eigenvalue weighted by Gasteiger charge is -2.33. The Bertz CT molecular complexity index is 674. The predicted molar refractivity (Wildman–Crippen MR) is 99.1 cm³/mol. The lowest BCUT2D eigenvalue weighted by Crippen LogP contribution is -2.47. The van der Waals surface area contributed by atoms with Crippen molar-refractivity contribution in [2.24, 2.45) is 10.4 Å². The highest BCUT2D eigenvalue weighted by Gasteiger charge is 2.44. The zero-order valence-corrected chi connectivity index (χ0v) is 16.4. The van der Waals surface area contributed by atoms with Crippen molar-refractivity contribution >= 4 is 23.2 Å². The molecule has 150 valence electrons. The van der Waals surface area contributed by atoms with Crippen molar-refractivity contribution in [1.29, 1.82) is 0 Å². The second-order valence-corrected chi connectivity index (χ2v) is 7.48. The Labute approximate surface area is 159 Å². The molecule has 2 rings (SSSR count). The van der Waals surface area contributed by atoms with Crippen LogP contribution in [0.1, 0.15) is 27.2 Å². The van der Waals surface area contributed by atoms with E-state index in [1.165, 1.54) is 7.11 Å². The second kappa shape index (κ2) is 8.86. The maximum atomic E-state index is 13.1. The van der Waals surface area contributed by atoms with Gasteiger partial charge in [-0.15, -0.1) is 0 Å². The molecule has 0 radical (unpaired) electrons. The van der Waals surface area contributed by atoms with Gasteiger partial charge >= 0.3 is 5.97 Å². The molecule has 1 N–H and O–H groups in total. The minimum Gasteiger partial charge on any atom is -0.481 e. The fourth-order valence-electron chi connectivity index (χ4n) is 3.65. The van der Waals surface area contributed by atoms with E-state index in [9.17, 15) is 19.5 Å². The van der Waals surface area contributed by atoms with Gasteiger partial charge in [0.05, 0.1) is 26.2 Å². The van der Waals surface area contributed by atoms with Gasteiger partial charge in [0, 0.05) is 43.3 Å². The first-order valence-corrected chi connectivity index (χ1v) is 9.08. The van der Waals surface area contributed by atoms with Crippen molar-refractivity contribution in [3.8, 4) is 0 Å². The molecule has 0 aromatic rings. The quantitative estimate of drug-likeness (QED) is 0.694. The van der Waals surface area contributed by atoms with Crippen LogP contribution in [0.15, 0.2) is 16.1 Å². The van der Waals surface area contributed by atoms with Crippen LogP contribution in [0, 0.1) is 5.41 Å². The summed E-state index contributed by atoms with van der Waals surface area (Å²) in [6.45, 7) is 8.83. The first-order valence-electron chi connectivity index (χ1n) is 9.08. The molecule has 0 spiro atoms. The van der Waals surface area contributed by atoms with Gasteiger partial charge < -0.3 is 14.6 Å². The SMILES string of the molecule is COC1C(=O)C(C)=C(C(C)(C)CC(=O)O)C(=O)C1=NCCN1CCOCC1. The average molecular weight is 380 g/mol. The van der Waals surface area contributed by atoms with Crippen LogP contribution in [-0.4, -0.2) is 85.9 Å². The number of methoxy groups -OCH3 is 1.